The maximum atomic E-state index is 12.0. The van der Waals surface area contributed by atoms with Gasteiger partial charge in [-0.15, -0.1) is 0 Å². The molecule has 0 saturated heterocycles. The maximum absolute atomic E-state index is 12.0. The molecule has 0 aliphatic carbocycles. The van der Waals surface area contributed by atoms with Crippen LogP contribution in [0.1, 0.15) is 96.8 Å². The third kappa shape index (κ3) is 21.6. The lowest BCUT2D eigenvalue weighted by molar-refractivity contribution is -0.873. The van der Waals surface area contributed by atoms with E-state index < -0.39 is 12.1 Å². The number of carboxylic acids is 1. The Morgan fingerprint density at radius 3 is 2.23 bits per heavy atom. The normalized spacial score (nSPS) is 14.0. The Bertz CT molecular complexity index is 499. The second-order valence-corrected chi connectivity index (χ2v) is 9.70. The lowest BCUT2D eigenvalue weighted by atomic mass is 10.1. The minimum Gasteiger partial charge on any atom is -0.481 e. The monoisotopic (exact) mass is 442 g/mol. The van der Waals surface area contributed by atoms with Crippen molar-refractivity contribution >= 4 is 11.9 Å². The largest absolute Gasteiger partial charge is 0.481 e. The van der Waals surface area contributed by atoms with E-state index in [4.69, 9.17) is 9.84 Å². The standard InChI is InChI=1S/C25H47NO5/c1-5-6-7-14-17-22(27)18-15-12-10-8-9-11-13-16-19-25(30)31-23(20-24(28)29)21-26(2,3)4/h12,15,22-23,27H,5-11,13-14,16-21H2,1-4H3/p+1/b15-12+. The first-order valence-electron chi connectivity index (χ1n) is 12.2. The van der Waals surface area contributed by atoms with Crippen LogP contribution in [0.3, 0.4) is 0 Å². The van der Waals surface area contributed by atoms with Crippen molar-refractivity contribution in [1.29, 1.82) is 0 Å². The van der Waals surface area contributed by atoms with Crippen LogP contribution >= 0.6 is 0 Å². The summed E-state index contributed by atoms with van der Waals surface area (Å²) in [5.41, 5.74) is 0. The molecule has 0 radical (unpaired) electrons. The van der Waals surface area contributed by atoms with E-state index in [2.05, 4.69) is 19.1 Å². The molecular weight excluding hydrogens is 394 g/mol. The number of allylic oxidation sites excluding steroid dienone is 1. The zero-order chi connectivity index (χ0) is 23.5. The minimum atomic E-state index is -0.943. The number of carboxylic acid groups (broad SMARTS) is 1. The third-order valence-corrected chi connectivity index (χ3v) is 5.17. The van der Waals surface area contributed by atoms with E-state index in [-0.39, 0.29) is 18.5 Å². The molecule has 0 amide bonds. The van der Waals surface area contributed by atoms with E-state index in [1.807, 2.05) is 21.1 Å². The van der Waals surface area contributed by atoms with Gasteiger partial charge in [-0.25, -0.2) is 0 Å². The highest BCUT2D eigenvalue weighted by atomic mass is 16.5. The number of carbonyl (C=O) groups excluding carboxylic acids is 1. The van der Waals surface area contributed by atoms with Gasteiger partial charge in [0, 0.05) is 6.42 Å². The van der Waals surface area contributed by atoms with Gasteiger partial charge in [-0.05, 0) is 32.1 Å². The molecule has 0 aromatic carbocycles. The average molecular weight is 443 g/mol. The molecule has 0 aliphatic rings. The fourth-order valence-corrected chi connectivity index (χ4v) is 3.55. The molecule has 182 valence electrons. The number of unbranched alkanes of at least 4 members (excludes halogenated alkanes) is 8. The molecule has 0 bridgehead atoms. The fraction of sp³-hybridized carbons (Fsp3) is 0.840. The molecule has 0 aliphatic heterocycles. The Hall–Kier alpha value is -1.40. The molecule has 6 nitrogen and oxygen atoms in total. The van der Waals surface area contributed by atoms with Crippen LogP contribution in [0.25, 0.3) is 0 Å². The van der Waals surface area contributed by atoms with Crippen LogP contribution in [-0.4, -0.2) is 66.5 Å². The summed E-state index contributed by atoms with van der Waals surface area (Å²) in [7, 11) is 5.86. The highest BCUT2D eigenvalue weighted by molar-refractivity contribution is 5.71. The number of ether oxygens (including phenoxy) is 1. The number of hydrogen-bond acceptors (Lipinski definition) is 4. The van der Waals surface area contributed by atoms with Gasteiger partial charge in [0.15, 0.2) is 6.10 Å². The SMILES string of the molecule is CCCCCCC(O)C/C=C/CCCCCCCC(=O)OC(CC(=O)O)C[N+](C)(C)C. The Morgan fingerprint density at radius 2 is 1.58 bits per heavy atom. The number of aliphatic carboxylic acids is 1. The van der Waals surface area contributed by atoms with Gasteiger partial charge >= 0.3 is 11.9 Å². The number of rotatable bonds is 20. The van der Waals surface area contributed by atoms with Crippen molar-refractivity contribution in [3.63, 3.8) is 0 Å². The van der Waals surface area contributed by atoms with Crippen LogP contribution in [0, 0.1) is 0 Å². The summed E-state index contributed by atoms with van der Waals surface area (Å²) in [5, 5.41) is 18.9. The molecule has 0 heterocycles. The number of hydrogen-bond donors (Lipinski definition) is 2. The van der Waals surface area contributed by atoms with Crippen LogP contribution in [-0.2, 0) is 14.3 Å². The number of esters is 1. The molecule has 0 spiro atoms. The molecule has 0 saturated carbocycles. The number of aliphatic hydroxyl groups is 1. The Morgan fingerprint density at radius 1 is 0.935 bits per heavy atom. The van der Waals surface area contributed by atoms with Gasteiger partial charge in [-0.3, -0.25) is 9.59 Å². The van der Waals surface area contributed by atoms with Crippen LogP contribution in [0.15, 0.2) is 12.2 Å². The van der Waals surface area contributed by atoms with Gasteiger partial charge in [0.05, 0.1) is 33.7 Å². The number of nitrogens with zero attached hydrogens (tertiary/aromatic N) is 1. The zero-order valence-corrected chi connectivity index (χ0v) is 20.5. The van der Waals surface area contributed by atoms with E-state index >= 15 is 0 Å². The second-order valence-electron chi connectivity index (χ2n) is 9.70. The first kappa shape index (κ1) is 29.6. The van der Waals surface area contributed by atoms with Gasteiger partial charge in [0.25, 0.3) is 0 Å². The number of aliphatic hydroxyl groups excluding tert-OH is 1. The summed E-state index contributed by atoms with van der Waals surface area (Å²) in [6.45, 7) is 2.68. The molecule has 0 rings (SSSR count). The molecule has 2 N–H and O–H groups in total. The zero-order valence-electron chi connectivity index (χ0n) is 20.5. The van der Waals surface area contributed by atoms with Crippen LogP contribution in [0.4, 0.5) is 0 Å². The molecule has 2 atom stereocenters. The highest BCUT2D eigenvalue weighted by Gasteiger charge is 2.24. The van der Waals surface area contributed by atoms with E-state index in [0.717, 1.165) is 57.8 Å². The average Bonchev–Trinajstić information content (AvgIpc) is 2.64. The third-order valence-electron chi connectivity index (χ3n) is 5.17. The van der Waals surface area contributed by atoms with Crippen LogP contribution in [0.5, 0.6) is 0 Å². The summed E-state index contributed by atoms with van der Waals surface area (Å²) >= 11 is 0. The summed E-state index contributed by atoms with van der Waals surface area (Å²) < 4.78 is 5.95. The first-order chi connectivity index (χ1) is 14.6. The maximum Gasteiger partial charge on any atom is 0.307 e. The van der Waals surface area contributed by atoms with Gasteiger partial charge in [0.2, 0.25) is 0 Å². The Balaban J connectivity index is 3.74. The Kier molecular flexibility index (Phi) is 17.4. The predicted octanol–water partition coefficient (Wildman–Crippen LogP) is 5.09. The summed E-state index contributed by atoms with van der Waals surface area (Å²) in [4.78, 5) is 23.0. The molecule has 0 aromatic rings. The highest BCUT2D eigenvalue weighted by Crippen LogP contribution is 2.12. The molecule has 6 heteroatoms. The minimum absolute atomic E-state index is 0.148. The van der Waals surface area contributed by atoms with E-state index in [1.165, 1.54) is 19.3 Å². The summed E-state index contributed by atoms with van der Waals surface area (Å²) in [6.07, 6.45) is 16.3. The van der Waals surface area contributed by atoms with Crippen molar-refractivity contribution in [2.45, 2.75) is 109 Å². The van der Waals surface area contributed by atoms with E-state index in [9.17, 15) is 14.7 Å². The predicted molar refractivity (Wildman–Crippen MR) is 126 cm³/mol. The number of quaternary nitrogens is 1. The number of carbonyl (C=O) groups is 2. The molecule has 0 aromatic heterocycles. The van der Waals surface area contributed by atoms with Gasteiger partial charge in [0.1, 0.15) is 6.54 Å². The molecule has 31 heavy (non-hydrogen) atoms. The summed E-state index contributed by atoms with van der Waals surface area (Å²) in [5.74, 6) is -1.24. The van der Waals surface area contributed by atoms with Crippen LogP contribution < -0.4 is 0 Å². The van der Waals surface area contributed by atoms with Crippen molar-refractivity contribution in [3.05, 3.63) is 12.2 Å². The van der Waals surface area contributed by atoms with Crippen molar-refractivity contribution in [3.8, 4) is 0 Å². The van der Waals surface area contributed by atoms with Gasteiger partial charge < -0.3 is 19.4 Å². The first-order valence-corrected chi connectivity index (χ1v) is 12.2. The van der Waals surface area contributed by atoms with Crippen molar-refractivity contribution in [2.75, 3.05) is 27.7 Å². The Labute approximate surface area is 190 Å². The molecule has 2 unspecified atom stereocenters. The second kappa shape index (κ2) is 18.2. The molecular formula is C25H48NO5+. The van der Waals surface area contributed by atoms with E-state index in [0.29, 0.717) is 17.4 Å². The van der Waals surface area contributed by atoms with Crippen molar-refractivity contribution < 1.29 is 29.0 Å². The van der Waals surface area contributed by atoms with E-state index in [1.54, 1.807) is 0 Å². The van der Waals surface area contributed by atoms with Crippen LogP contribution in [0.2, 0.25) is 0 Å². The van der Waals surface area contributed by atoms with Crippen molar-refractivity contribution in [1.82, 2.24) is 0 Å². The quantitative estimate of drug-likeness (QED) is 0.119. The van der Waals surface area contributed by atoms with Crippen molar-refractivity contribution in [2.24, 2.45) is 0 Å². The lowest BCUT2D eigenvalue weighted by Gasteiger charge is -2.28. The topological polar surface area (TPSA) is 83.8 Å². The smallest absolute Gasteiger partial charge is 0.307 e. The van der Waals surface area contributed by atoms with Gasteiger partial charge in [-0.2, -0.15) is 0 Å². The summed E-state index contributed by atoms with van der Waals surface area (Å²) in [6, 6.07) is 0. The van der Waals surface area contributed by atoms with Gasteiger partial charge in [-0.1, -0.05) is 64.0 Å². The lowest BCUT2D eigenvalue weighted by Crippen LogP contribution is -2.43. The molecule has 0 fully saturated rings. The fourth-order valence-electron chi connectivity index (χ4n) is 3.55. The number of likely N-dealkylation sites (N-methyl/N-ethyl adjacent to an activating group) is 1.